The highest BCUT2D eigenvalue weighted by atomic mass is 16.5. The smallest absolute Gasteiger partial charge is 0.127 e. The molecule has 2 aromatic rings. The lowest BCUT2D eigenvalue weighted by atomic mass is 10.3. The van der Waals surface area contributed by atoms with Gasteiger partial charge in [0.25, 0.3) is 0 Å². The second-order valence-corrected chi connectivity index (χ2v) is 5.09. The SMILES string of the molecule is OC1CCC(Oc2ccc(Oc3ccccc3)cc2)C1. The van der Waals surface area contributed by atoms with Gasteiger partial charge in [0, 0.05) is 6.42 Å². The van der Waals surface area contributed by atoms with Crippen molar-refractivity contribution in [3.63, 3.8) is 0 Å². The van der Waals surface area contributed by atoms with Crippen LogP contribution in [0.3, 0.4) is 0 Å². The molecule has 1 fully saturated rings. The molecule has 3 heteroatoms. The van der Waals surface area contributed by atoms with Gasteiger partial charge in [0.05, 0.1) is 6.10 Å². The maximum atomic E-state index is 9.49. The van der Waals surface area contributed by atoms with Crippen LogP contribution >= 0.6 is 0 Å². The molecule has 0 aliphatic heterocycles. The van der Waals surface area contributed by atoms with Gasteiger partial charge in [0.15, 0.2) is 0 Å². The number of para-hydroxylation sites is 1. The third kappa shape index (κ3) is 3.31. The number of benzene rings is 2. The highest BCUT2D eigenvalue weighted by Gasteiger charge is 2.24. The number of aliphatic hydroxyl groups is 1. The van der Waals surface area contributed by atoms with E-state index in [-0.39, 0.29) is 12.2 Å². The second kappa shape index (κ2) is 5.97. The van der Waals surface area contributed by atoms with E-state index in [9.17, 15) is 5.11 Å². The van der Waals surface area contributed by atoms with Gasteiger partial charge in [-0.15, -0.1) is 0 Å². The van der Waals surface area contributed by atoms with Crippen LogP contribution in [0, 0.1) is 0 Å². The Bertz CT molecular complexity index is 536. The first-order valence-corrected chi connectivity index (χ1v) is 6.97. The van der Waals surface area contributed by atoms with Crippen molar-refractivity contribution in [3.8, 4) is 17.2 Å². The Kier molecular flexibility index (Phi) is 3.88. The number of ether oxygens (including phenoxy) is 2. The molecule has 0 bridgehead atoms. The third-order valence-corrected chi connectivity index (χ3v) is 3.46. The summed E-state index contributed by atoms with van der Waals surface area (Å²) in [6.45, 7) is 0. The first-order chi connectivity index (χ1) is 9.79. The Morgan fingerprint density at radius 2 is 1.45 bits per heavy atom. The molecule has 1 aliphatic carbocycles. The van der Waals surface area contributed by atoms with Crippen molar-refractivity contribution < 1.29 is 14.6 Å². The van der Waals surface area contributed by atoms with Gasteiger partial charge in [0.1, 0.15) is 23.4 Å². The van der Waals surface area contributed by atoms with Gasteiger partial charge < -0.3 is 14.6 Å². The highest BCUT2D eigenvalue weighted by molar-refractivity contribution is 5.35. The lowest BCUT2D eigenvalue weighted by Crippen LogP contribution is -2.13. The molecular formula is C17H18O3. The second-order valence-electron chi connectivity index (χ2n) is 5.09. The van der Waals surface area contributed by atoms with E-state index in [4.69, 9.17) is 9.47 Å². The van der Waals surface area contributed by atoms with Crippen molar-refractivity contribution >= 4 is 0 Å². The van der Waals surface area contributed by atoms with E-state index in [1.54, 1.807) is 0 Å². The van der Waals surface area contributed by atoms with Crippen LogP contribution in [0.1, 0.15) is 19.3 Å². The lowest BCUT2D eigenvalue weighted by molar-refractivity contribution is 0.149. The largest absolute Gasteiger partial charge is 0.490 e. The van der Waals surface area contributed by atoms with Gasteiger partial charge in [-0.05, 0) is 49.2 Å². The molecule has 2 unspecified atom stereocenters. The zero-order chi connectivity index (χ0) is 13.8. The van der Waals surface area contributed by atoms with E-state index >= 15 is 0 Å². The van der Waals surface area contributed by atoms with Gasteiger partial charge in [-0.2, -0.15) is 0 Å². The minimum atomic E-state index is -0.208. The summed E-state index contributed by atoms with van der Waals surface area (Å²) in [5.41, 5.74) is 0. The van der Waals surface area contributed by atoms with Crippen LogP contribution in [0.4, 0.5) is 0 Å². The minimum Gasteiger partial charge on any atom is -0.490 e. The molecule has 104 valence electrons. The quantitative estimate of drug-likeness (QED) is 0.919. The fourth-order valence-corrected chi connectivity index (χ4v) is 2.43. The van der Waals surface area contributed by atoms with Crippen LogP contribution in [0.25, 0.3) is 0 Å². The zero-order valence-corrected chi connectivity index (χ0v) is 11.2. The molecule has 1 saturated carbocycles. The van der Waals surface area contributed by atoms with Crippen molar-refractivity contribution in [2.24, 2.45) is 0 Å². The molecule has 0 saturated heterocycles. The monoisotopic (exact) mass is 270 g/mol. The van der Waals surface area contributed by atoms with E-state index in [1.807, 2.05) is 54.6 Å². The molecule has 3 nitrogen and oxygen atoms in total. The molecule has 2 atom stereocenters. The molecule has 20 heavy (non-hydrogen) atoms. The van der Waals surface area contributed by atoms with Crippen LogP contribution in [0.5, 0.6) is 17.2 Å². The maximum Gasteiger partial charge on any atom is 0.127 e. The van der Waals surface area contributed by atoms with Crippen molar-refractivity contribution in [2.45, 2.75) is 31.5 Å². The van der Waals surface area contributed by atoms with Gasteiger partial charge in [0.2, 0.25) is 0 Å². The van der Waals surface area contributed by atoms with Gasteiger partial charge >= 0.3 is 0 Å². The maximum absolute atomic E-state index is 9.49. The summed E-state index contributed by atoms with van der Waals surface area (Å²) in [6.07, 6.45) is 2.40. The summed E-state index contributed by atoms with van der Waals surface area (Å²) in [6, 6.07) is 17.3. The van der Waals surface area contributed by atoms with E-state index in [0.29, 0.717) is 0 Å². The lowest BCUT2D eigenvalue weighted by Gasteiger charge is -2.13. The van der Waals surface area contributed by atoms with Gasteiger partial charge in [-0.3, -0.25) is 0 Å². The topological polar surface area (TPSA) is 38.7 Å². The summed E-state index contributed by atoms with van der Waals surface area (Å²) in [7, 11) is 0. The van der Waals surface area contributed by atoms with E-state index in [2.05, 4.69) is 0 Å². The molecule has 0 aromatic heterocycles. The fourth-order valence-electron chi connectivity index (χ4n) is 2.43. The molecule has 0 amide bonds. The molecule has 0 heterocycles. The molecule has 0 radical (unpaired) electrons. The van der Waals surface area contributed by atoms with Crippen LogP contribution in [-0.4, -0.2) is 17.3 Å². The normalized spacial score (nSPS) is 21.6. The molecule has 2 aromatic carbocycles. The van der Waals surface area contributed by atoms with E-state index < -0.39 is 0 Å². The van der Waals surface area contributed by atoms with Crippen molar-refractivity contribution in [1.82, 2.24) is 0 Å². The van der Waals surface area contributed by atoms with Gasteiger partial charge in [-0.25, -0.2) is 0 Å². The first kappa shape index (κ1) is 13.0. The predicted octanol–water partition coefficient (Wildman–Crippen LogP) is 3.77. The zero-order valence-electron chi connectivity index (χ0n) is 11.2. The predicted molar refractivity (Wildman–Crippen MR) is 77.2 cm³/mol. The minimum absolute atomic E-state index is 0.130. The molecular weight excluding hydrogens is 252 g/mol. The molecule has 0 spiro atoms. The van der Waals surface area contributed by atoms with Crippen LogP contribution in [0.15, 0.2) is 54.6 Å². The Hall–Kier alpha value is -2.00. The molecule has 3 rings (SSSR count). The highest BCUT2D eigenvalue weighted by Crippen LogP contribution is 2.27. The standard InChI is InChI=1S/C17H18O3/c18-13-6-7-17(12-13)20-16-10-8-15(9-11-16)19-14-4-2-1-3-5-14/h1-5,8-11,13,17-18H,6-7,12H2. The molecule has 1 aliphatic rings. The Labute approximate surface area is 118 Å². The average molecular weight is 270 g/mol. The van der Waals surface area contributed by atoms with Crippen molar-refractivity contribution in [3.05, 3.63) is 54.6 Å². The average Bonchev–Trinajstić information content (AvgIpc) is 2.88. The Morgan fingerprint density at radius 1 is 0.800 bits per heavy atom. The van der Waals surface area contributed by atoms with Crippen molar-refractivity contribution in [1.29, 1.82) is 0 Å². The summed E-state index contributed by atoms with van der Waals surface area (Å²) >= 11 is 0. The summed E-state index contributed by atoms with van der Waals surface area (Å²) in [5, 5.41) is 9.49. The van der Waals surface area contributed by atoms with E-state index in [0.717, 1.165) is 36.5 Å². The Balaban J connectivity index is 1.60. The number of aliphatic hydroxyl groups excluding tert-OH is 1. The first-order valence-electron chi connectivity index (χ1n) is 6.97. The van der Waals surface area contributed by atoms with Crippen LogP contribution < -0.4 is 9.47 Å². The van der Waals surface area contributed by atoms with Gasteiger partial charge in [-0.1, -0.05) is 18.2 Å². The Morgan fingerprint density at radius 3 is 2.10 bits per heavy atom. The third-order valence-electron chi connectivity index (χ3n) is 3.46. The summed E-state index contributed by atoms with van der Waals surface area (Å²) < 4.78 is 11.6. The van der Waals surface area contributed by atoms with E-state index in [1.165, 1.54) is 0 Å². The van der Waals surface area contributed by atoms with Crippen LogP contribution in [0.2, 0.25) is 0 Å². The fraction of sp³-hybridized carbons (Fsp3) is 0.294. The summed E-state index contributed by atoms with van der Waals surface area (Å²) in [4.78, 5) is 0. The molecule has 1 N–H and O–H groups in total. The number of rotatable bonds is 4. The van der Waals surface area contributed by atoms with Crippen LogP contribution in [-0.2, 0) is 0 Å². The number of hydrogen-bond acceptors (Lipinski definition) is 3. The summed E-state index contributed by atoms with van der Waals surface area (Å²) in [5.74, 6) is 2.43. The number of hydrogen-bond donors (Lipinski definition) is 1. The van der Waals surface area contributed by atoms with Crippen molar-refractivity contribution in [2.75, 3.05) is 0 Å².